The molecule has 0 aliphatic rings. The van der Waals surface area contributed by atoms with Crippen LogP contribution in [0.2, 0.25) is 0 Å². The van der Waals surface area contributed by atoms with E-state index in [1.54, 1.807) is 7.11 Å². The molecule has 4 heteroatoms. The minimum absolute atomic E-state index is 0.649. The van der Waals surface area contributed by atoms with Crippen LogP contribution in [0.5, 0.6) is 11.5 Å². The normalized spacial score (nSPS) is 11.1. The largest absolute Gasteiger partial charge is 0.493 e. The Hall–Kier alpha value is -1.26. The van der Waals surface area contributed by atoms with Gasteiger partial charge in [-0.05, 0) is 45.8 Å². The summed E-state index contributed by atoms with van der Waals surface area (Å²) in [5.41, 5.74) is 1.24. The van der Waals surface area contributed by atoms with Crippen molar-refractivity contribution in [2.45, 2.75) is 13.5 Å². The lowest BCUT2D eigenvalue weighted by Gasteiger charge is -2.20. The smallest absolute Gasteiger partial charge is 0.161 e. The molecule has 0 bridgehead atoms. The van der Waals surface area contributed by atoms with E-state index in [0.717, 1.165) is 31.1 Å². The summed E-state index contributed by atoms with van der Waals surface area (Å²) in [5, 5.41) is 0. The molecule has 1 aromatic carbocycles. The van der Waals surface area contributed by atoms with Gasteiger partial charge in [-0.3, -0.25) is 0 Å². The number of hydrogen-bond donors (Lipinski definition) is 0. The molecule has 0 aliphatic heterocycles. The number of rotatable bonds is 8. The molecule has 0 unspecified atom stereocenters. The van der Waals surface area contributed by atoms with Crippen LogP contribution in [0.25, 0.3) is 0 Å². The van der Waals surface area contributed by atoms with E-state index >= 15 is 0 Å². The molecule has 0 aliphatic carbocycles. The summed E-state index contributed by atoms with van der Waals surface area (Å²) in [6.45, 7) is 5.65. The van der Waals surface area contributed by atoms with Crippen LogP contribution in [-0.2, 0) is 6.54 Å². The molecule has 0 N–H and O–H groups in total. The quantitative estimate of drug-likeness (QED) is 0.719. The Morgan fingerprint density at radius 2 is 1.79 bits per heavy atom. The minimum atomic E-state index is 0.649. The molecule has 0 heterocycles. The Balaban J connectivity index is 2.65. The van der Waals surface area contributed by atoms with E-state index in [9.17, 15) is 0 Å². The zero-order valence-corrected chi connectivity index (χ0v) is 12.8. The molecule has 108 valence electrons. The lowest BCUT2D eigenvalue weighted by molar-refractivity contribution is 0.274. The van der Waals surface area contributed by atoms with Gasteiger partial charge >= 0.3 is 0 Å². The van der Waals surface area contributed by atoms with Crippen molar-refractivity contribution in [1.29, 1.82) is 0 Å². The highest BCUT2D eigenvalue weighted by Gasteiger charge is 2.07. The van der Waals surface area contributed by atoms with Crippen LogP contribution in [0.15, 0.2) is 18.2 Å². The van der Waals surface area contributed by atoms with Gasteiger partial charge in [0, 0.05) is 19.6 Å². The summed E-state index contributed by atoms with van der Waals surface area (Å²) in [6, 6.07) is 6.13. The summed E-state index contributed by atoms with van der Waals surface area (Å²) in [7, 11) is 7.98. The Bertz CT molecular complexity index is 380. The van der Waals surface area contributed by atoms with Gasteiger partial charge in [0.15, 0.2) is 11.5 Å². The maximum atomic E-state index is 5.60. The first-order valence-electron chi connectivity index (χ1n) is 6.69. The van der Waals surface area contributed by atoms with Crippen molar-refractivity contribution in [3.8, 4) is 11.5 Å². The van der Waals surface area contributed by atoms with Gasteiger partial charge in [0.05, 0.1) is 13.7 Å². The number of ether oxygens (including phenoxy) is 2. The third-order valence-electron chi connectivity index (χ3n) is 2.91. The second-order valence-electron chi connectivity index (χ2n) is 4.96. The zero-order chi connectivity index (χ0) is 14.3. The Morgan fingerprint density at radius 3 is 2.37 bits per heavy atom. The van der Waals surface area contributed by atoms with Crippen molar-refractivity contribution in [3.05, 3.63) is 23.8 Å². The second-order valence-corrected chi connectivity index (χ2v) is 4.96. The lowest BCUT2D eigenvalue weighted by Crippen LogP contribution is -2.28. The van der Waals surface area contributed by atoms with Gasteiger partial charge in [0.25, 0.3) is 0 Å². The standard InChI is InChI=1S/C15H26N2O2/c1-6-19-15-11-13(7-8-14(15)18-5)12-17(4)10-9-16(2)3/h7-8,11H,6,9-10,12H2,1-5H3. The van der Waals surface area contributed by atoms with Crippen molar-refractivity contribution in [3.63, 3.8) is 0 Å². The molecule has 0 spiro atoms. The van der Waals surface area contributed by atoms with E-state index in [2.05, 4.69) is 43.1 Å². The number of methoxy groups -OCH3 is 1. The molecule has 4 nitrogen and oxygen atoms in total. The molecule has 0 saturated carbocycles. The fourth-order valence-electron chi connectivity index (χ4n) is 1.85. The van der Waals surface area contributed by atoms with Crippen LogP contribution in [0.4, 0.5) is 0 Å². The highest BCUT2D eigenvalue weighted by molar-refractivity contribution is 5.42. The predicted molar refractivity (Wildman–Crippen MR) is 79.1 cm³/mol. The number of nitrogens with zero attached hydrogens (tertiary/aromatic N) is 2. The summed E-state index contributed by atoms with van der Waals surface area (Å²) in [5.74, 6) is 1.62. The molecule has 0 saturated heterocycles. The van der Waals surface area contributed by atoms with Gasteiger partial charge in [-0.15, -0.1) is 0 Å². The SMILES string of the molecule is CCOc1cc(CN(C)CCN(C)C)ccc1OC. The van der Waals surface area contributed by atoms with Gasteiger partial charge in [-0.1, -0.05) is 6.07 Å². The average Bonchev–Trinajstić information content (AvgIpc) is 2.37. The van der Waals surface area contributed by atoms with Crippen LogP contribution < -0.4 is 9.47 Å². The van der Waals surface area contributed by atoms with Crippen molar-refractivity contribution >= 4 is 0 Å². The molecule has 0 atom stereocenters. The molecular formula is C15H26N2O2. The monoisotopic (exact) mass is 266 g/mol. The average molecular weight is 266 g/mol. The van der Waals surface area contributed by atoms with Crippen molar-refractivity contribution in [1.82, 2.24) is 9.80 Å². The zero-order valence-electron chi connectivity index (χ0n) is 12.8. The highest BCUT2D eigenvalue weighted by Crippen LogP contribution is 2.28. The van der Waals surface area contributed by atoms with Crippen molar-refractivity contribution in [2.24, 2.45) is 0 Å². The maximum absolute atomic E-state index is 5.60. The Morgan fingerprint density at radius 1 is 1.05 bits per heavy atom. The Labute approximate surface area is 116 Å². The third-order valence-corrected chi connectivity index (χ3v) is 2.91. The summed E-state index contributed by atoms with van der Waals surface area (Å²) < 4.78 is 10.9. The molecule has 0 amide bonds. The molecule has 0 fully saturated rings. The topological polar surface area (TPSA) is 24.9 Å². The fourth-order valence-corrected chi connectivity index (χ4v) is 1.85. The van der Waals surface area contributed by atoms with Gasteiger partial charge < -0.3 is 19.3 Å². The van der Waals surface area contributed by atoms with E-state index in [4.69, 9.17) is 9.47 Å². The molecular weight excluding hydrogens is 240 g/mol. The first-order chi connectivity index (χ1) is 9.06. The van der Waals surface area contributed by atoms with Crippen LogP contribution in [0.1, 0.15) is 12.5 Å². The van der Waals surface area contributed by atoms with Crippen molar-refractivity contribution in [2.75, 3.05) is 47.9 Å². The maximum Gasteiger partial charge on any atom is 0.161 e. The number of benzene rings is 1. The van der Waals surface area contributed by atoms with E-state index in [1.165, 1.54) is 5.56 Å². The van der Waals surface area contributed by atoms with Gasteiger partial charge in [-0.2, -0.15) is 0 Å². The molecule has 1 rings (SSSR count). The van der Waals surface area contributed by atoms with Crippen LogP contribution >= 0.6 is 0 Å². The van der Waals surface area contributed by atoms with Crippen molar-refractivity contribution < 1.29 is 9.47 Å². The van der Waals surface area contributed by atoms with E-state index in [0.29, 0.717) is 6.61 Å². The first kappa shape index (κ1) is 15.8. The lowest BCUT2D eigenvalue weighted by atomic mass is 10.2. The third kappa shape index (κ3) is 5.49. The number of likely N-dealkylation sites (N-methyl/N-ethyl adjacent to an activating group) is 2. The predicted octanol–water partition coefficient (Wildman–Crippen LogP) is 2.09. The van der Waals surface area contributed by atoms with E-state index < -0.39 is 0 Å². The molecule has 19 heavy (non-hydrogen) atoms. The molecule has 0 aromatic heterocycles. The van der Waals surface area contributed by atoms with E-state index in [-0.39, 0.29) is 0 Å². The van der Waals surface area contributed by atoms with Gasteiger partial charge in [-0.25, -0.2) is 0 Å². The van der Waals surface area contributed by atoms with Crippen LogP contribution in [0, 0.1) is 0 Å². The summed E-state index contributed by atoms with van der Waals surface area (Å²) in [4.78, 5) is 4.49. The first-order valence-corrected chi connectivity index (χ1v) is 6.69. The van der Waals surface area contributed by atoms with Gasteiger partial charge in [0.1, 0.15) is 0 Å². The molecule has 0 radical (unpaired) electrons. The summed E-state index contributed by atoms with van der Waals surface area (Å²) in [6.07, 6.45) is 0. The van der Waals surface area contributed by atoms with Gasteiger partial charge in [0.2, 0.25) is 0 Å². The second kappa shape index (κ2) is 8.02. The number of hydrogen-bond acceptors (Lipinski definition) is 4. The van der Waals surface area contributed by atoms with E-state index in [1.807, 2.05) is 13.0 Å². The minimum Gasteiger partial charge on any atom is -0.493 e. The highest BCUT2D eigenvalue weighted by atomic mass is 16.5. The molecule has 1 aromatic rings. The Kier molecular flexibility index (Phi) is 6.67. The summed E-state index contributed by atoms with van der Waals surface area (Å²) >= 11 is 0. The van der Waals surface area contributed by atoms with Crippen LogP contribution in [0.3, 0.4) is 0 Å². The van der Waals surface area contributed by atoms with Crippen LogP contribution in [-0.4, -0.2) is 57.7 Å². The fraction of sp³-hybridized carbons (Fsp3) is 0.600.